The van der Waals surface area contributed by atoms with Gasteiger partial charge < -0.3 is 9.47 Å². The third-order valence-electron chi connectivity index (χ3n) is 2.06. The molecule has 0 bridgehead atoms. The first-order chi connectivity index (χ1) is 8.67. The first-order valence-corrected chi connectivity index (χ1v) is 6.62. The summed E-state index contributed by atoms with van der Waals surface area (Å²) in [6.07, 6.45) is 1.43. The zero-order valence-electron chi connectivity index (χ0n) is 10.5. The number of ether oxygens (including phenoxy) is 2. The molecule has 4 nitrogen and oxygen atoms in total. The highest BCUT2D eigenvalue weighted by Crippen LogP contribution is 2.23. The first-order valence-electron chi connectivity index (χ1n) is 5.74. The van der Waals surface area contributed by atoms with E-state index in [1.165, 1.54) is 17.4 Å². The van der Waals surface area contributed by atoms with Crippen LogP contribution in [-0.2, 0) is 19.1 Å². The van der Waals surface area contributed by atoms with E-state index in [0.717, 1.165) is 4.88 Å². The standard InChI is InChI=1S/C13H16O4S/c1-3-16-12(14)8-10(9-13(15)17-4-2)11-6-5-7-18-11/h5-8H,3-4,9H2,1-2H3/b10-8-. The molecule has 0 aliphatic heterocycles. The average molecular weight is 268 g/mol. The summed E-state index contributed by atoms with van der Waals surface area (Å²) in [5.41, 5.74) is 0.627. The van der Waals surface area contributed by atoms with Crippen molar-refractivity contribution in [1.29, 1.82) is 0 Å². The summed E-state index contributed by atoms with van der Waals surface area (Å²) in [7, 11) is 0. The third-order valence-corrected chi connectivity index (χ3v) is 3.00. The zero-order chi connectivity index (χ0) is 13.4. The Balaban J connectivity index is 2.82. The first kappa shape index (κ1) is 14.4. The van der Waals surface area contributed by atoms with Gasteiger partial charge in [0.05, 0.1) is 19.6 Å². The zero-order valence-corrected chi connectivity index (χ0v) is 11.3. The van der Waals surface area contributed by atoms with Gasteiger partial charge in [0.2, 0.25) is 0 Å². The van der Waals surface area contributed by atoms with Gasteiger partial charge in [0, 0.05) is 11.0 Å². The van der Waals surface area contributed by atoms with E-state index >= 15 is 0 Å². The van der Waals surface area contributed by atoms with Crippen molar-refractivity contribution in [1.82, 2.24) is 0 Å². The SMILES string of the molecule is CCOC(=O)/C=C(/CC(=O)OCC)c1cccs1. The fourth-order valence-corrected chi connectivity index (χ4v) is 2.11. The highest BCUT2D eigenvalue weighted by Gasteiger charge is 2.12. The number of thiophene rings is 1. The average Bonchev–Trinajstić information content (AvgIpc) is 2.82. The largest absolute Gasteiger partial charge is 0.466 e. The van der Waals surface area contributed by atoms with Crippen LogP contribution in [0, 0.1) is 0 Å². The number of esters is 2. The Morgan fingerprint density at radius 1 is 1.28 bits per heavy atom. The van der Waals surface area contributed by atoms with Gasteiger partial charge in [0.15, 0.2) is 0 Å². The topological polar surface area (TPSA) is 52.6 Å². The summed E-state index contributed by atoms with van der Waals surface area (Å²) in [6.45, 7) is 4.13. The Hall–Kier alpha value is -1.62. The van der Waals surface area contributed by atoms with Crippen molar-refractivity contribution in [3.05, 3.63) is 28.5 Å². The van der Waals surface area contributed by atoms with Crippen LogP contribution in [0.1, 0.15) is 25.1 Å². The minimum Gasteiger partial charge on any atom is -0.466 e. The van der Waals surface area contributed by atoms with E-state index in [2.05, 4.69) is 0 Å². The summed E-state index contributed by atoms with van der Waals surface area (Å²) >= 11 is 1.47. The predicted molar refractivity (Wildman–Crippen MR) is 70.2 cm³/mol. The van der Waals surface area contributed by atoms with E-state index in [9.17, 15) is 9.59 Å². The molecule has 18 heavy (non-hydrogen) atoms. The monoisotopic (exact) mass is 268 g/mol. The van der Waals surface area contributed by atoms with Crippen molar-refractivity contribution in [2.45, 2.75) is 20.3 Å². The van der Waals surface area contributed by atoms with E-state index in [1.54, 1.807) is 13.8 Å². The van der Waals surface area contributed by atoms with Gasteiger partial charge >= 0.3 is 11.9 Å². The lowest BCUT2D eigenvalue weighted by molar-refractivity contribution is -0.141. The maximum absolute atomic E-state index is 11.5. The van der Waals surface area contributed by atoms with Crippen molar-refractivity contribution in [3.63, 3.8) is 0 Å². The fourth-order valence-electron chi connectivity index (χ4n) is 1.36. The molecule has 0 aliphatic carbocycles. The number of rotatable bonds is 6. The molecule has 1 rings (SSSR count). The van der Waals surface area contributed by atoms with Crippen LogP contribution >= 0.6 is 11.3 Å². The van der Waals surface area contributed by atoms with Gasteiger partial charge in [-0.25, -0.2) is 4.79 Å². The van der Waals surface area contributed by atoms with E-state index in [1.807, 2.05) is 17.5 Å². The Morgan fingerprint density at radius 3 is 2.56 bits per heavy atom. The van der Waals surface area contributed by atoms with Crippen LogP contribution in [0.3, 0.4) is 0 Å². The van der Waals surface area contributed by atoms with E-state index in [4.69, 9.17) is 9.47 Å². The molecule has 0 fully saturated rings. The van der Waals surface area contributed by atoms with Crippen LogP contribution in [0.4, 0.5) is 0 Å². The van der Waals surface area contributed by atoms with Crippen molar-refractivity contribution >= 4 is 28.8 Å². The summed E-state index contributed by atoms with van der Waals surface area (Å²) in [5, 5.41) is 1.89. The Labute approximate surface area is 110 Å². The van der Waals surface area contributed by atoms with E-state index in [0.29, 0.717) is 18.8 Å². The van der Waals surface area contributed by atoms with E-state index in [-0.39, 0.29) is 12.4 Å². The highest BCUT2D eigenvalue weighted by molar-refractivity contribution is 7.11. The van der Waals surface area contributed by atoms with Crippen molar-refractivity contribution in [3.8, 4) is 0 Å². The minimum atomic E-state index is -0.440. The van der Waals surface area contributed by atoms with Gasteiger partial charge in [-0.2, -0.15) is 0 Å². The maximum atomic E-state index is 11.5. The lowest BCUT2D eigenvalue weighted by atomic mass is 10.1. The third kappa shape index (κ3) is 4.71. The van der Waals surface area contributed by atoms with Gasteiger partial charge in [-0.05, 0) is 30.9 Å². The predicted octanol–water partition coefficient (Wildman–Crippen LogP) is 2.65. The molecule has 0 radical (unpaired) electrons. The lowest BCUT2D eigenvalue weighted by Gasteiger charge is -2.05. The van der Waals surface area contributed by atoms with Crippen LogP contribution in [0.25, 0.3) is 5.57 Å². The molecule has 0 N–H and O–H groups in total. The lowest BCUT2D eigenvalue weighted by Crippen LogP contribution is -2.06. The highest BCUT2D eigenvalue weighted by atomic mass is 32.1. The molecule has 1 heterocycles. The van der Waals surface area contributed by atoms with Gasteiger partial charge in [-0.3, -0.25) is 4.79 Å². The number of hydrogen-bond donors (Lipinski definition) is 0. The maximum Gasteiger partial charge on any atom is 0.331 e. The molecule has 1 aromatic rings. The quantitative estimate of drug-likeness (QED) is 0.588. The normalized spacial score (nSPS) is 11.1. The molecule has 0 atom stereocenters. The molecule has 0 amide bonds. The molecule has 0 aliphatic rings. The molecule has 0 aromatic carbocycles. The summed E-state index contributed by atoms with van der Waals surface area (Å²) in [5.74, 6) is -0.786. The Kier molecular flexibility index (Phi) is 6.14. The van der Waals surface area contributed by atoms with Gasteiger partial charge in [-0.15, -0.1) is 11.3 Å². The molecule has 1 aromatic heterocycles. The fraction of sp³-hybridized carbons (Fsp3) is 0.385. The molecule has 0 saturated carbocycles. The van der Waals surface area contributed by atoms with Crippen molar-refractivity contribution in [2.24, 2.45) is 0 Å². The number of hydrogen-bond acceptors (Lipinski definition) is 5. The van der Waals surface area contributed by atoms with Gasteiger partial charge in [0.1, 0.15) is 0 Å². The van der Waals surface area contributed by atoms with Crippen molar-refractivity contribution in [2.75, 3.05) is 13.2 Å². The molecular formula is C13H16O4S. The minimum absolute atomic E-state index is 0.0766. The van der Waals surface area contributed by atoms with E-state index < -0.39 is 5.97 Å². The second-order valence-electron chi connectivity index (χ2n) is 3.38. The molecule has 0 saturated heterocycles. The molecule has 0 unspecified atom stereocenters. The second kappa shape index (κ2) is 7.66. The van der Waals surface area contributed by atoms with Crippen molar-refractivity contribution < 1.29 is 19.1 Å². The second-order valence-corrected chi connectivity index (χ2v) is 4.33. The Bertz CT molecular complexity index is 420. The van der Waals surface area contributed by atoms with Crippen LogP contribution in [0.5, 0.6) is 0 Å². The smallest absolute Gasteiger partial charge is 0.331 e. The molecule has 5 heteroatoms. The number of carbonyl (C=O) groups excluding carboxylic acids is 2. The van der Waals surface area contributed by atoms with Crippen LogP contribution in [-0.4, -0.2) is 25.2 Å². The molecule has 0 spiro atoms. The summed E-state index contributed by atoms with van der Waals surface area (Å²) in [6, 6.07) is 3.72. The van der Waals surface area contributed by atoms with Gasteiger partial charge in [-0.1, -0.05) is 6.07 Å². The van der Waals surface area contributed by atoms with Crippen LogP contribution in [0.2, 0.25) is 0 Å². The van der Waals surface area contributed by atoms with Crippen LogP contribution < -0.4 is 0 Å². The summed E-state index contributed by atoms with van der Waals surface area (Å²) < 4.78 is 9.73. The molecule has 98 valence electrons. The summed E-state index contributed by atoms with van der Waals surface area (Å²) in [4.78, 5) is 23.8. The number of carbonyl (C=O) groups is 2. The van der Waals surface area contributed by atoms with Crippen LogP contribution in [0.15, 0.2) is 23.6 Å². The molecular weight excluding hydrogens is 252 g/mol. The Morgan fingerprint density at radius 2 is 2.00 bits per heavy atom. The van der Waals surface area contributed by atoms with Gasteiger partial charge in [0.25, 0.3) is 0 Å².